The molecule has 0 fully saturated rings. The highest BCUT2D eigenvalue weighted by Crippen LogP contribution is 2.43. The van der Waals surface area contributed by atoms with Crippen LogP contribution in [0.1, 0.15) is 0 Å². The first kappa shape index (κ1) is 28.0. The van der Waals surface area contributed by atoms with Crippen molar-refractivity contribution in [2.45, 2.75) is 0 Å². The van der Waals surface area contributed by atoms with Crippen LogP contribution in [0.25, 0.3) is 84.2 Å². The Hall–Kier alpha value is -5.94. The molecule has 0 bridgehead atoms. The van der Waals surface area contributed by atoms with Crippen LogP contribution < -0.4 is 4.90 Å². The number of furan rings is 1. The van der Waals surface area contributed by atoms with Gasteiger partial charge in [-0.25, -0.2) is 0 Å². The highest BCUT2D eigenvalue weighted by molar-refractivity contribution is 7.26. The van der Waals surface area contributed by atoms with Gasteiger partial charge < -0.3 is 9.32 Å². The summed E-state index contributed by atoms with van der Waals surface area (Å²) in [5, 5.41) is 10.1. The van der Waals surface area contributed by atoms with E-state index in [4.69, 9.17) is 4.42 Å². The van der Waals surface area contributed by atoms with Crippen molar-refractivity contribution in [2.24, 2.45) is 0 Å². The van der Waals surface area contributed by atoms with Crippen LogP contribution in [0.5, 0.6) is 0 Å². The number of nitrogens with zero attached hydrogens (tertiary/aromatic N) is 1. The van der Waals surface area contributed by atoms with Crippen molar-refractivity contribution in [1.29, 1.82) is 0 Å². The quantitative estimate of drug-likeness (QED) is 0.185. The highest BCUT2D eigenvalue weighted by Gasteiger charge is 2.18. The van der Waals surface area contributed by atoms with Crippen molar-refractivity contribution in [3.05, 3.63) is 164 Å². The van der Waals surface area contributed by atoms with E-state index in [1.807, 2.05) is 34.8 Å². The fraction of sp³-hybridized carbons (Fsp3) is 0. The molecule has 234 valence electrons. The van der Waals surface area contributed by atoms with Crippen LogP contribution in [0.2, 0.25) is 0 Å². The molecule has 0 aliphatic rings. The van der Waals surface area contributed by atoms with E-state index in [2.05, 4.69) is 157 Å². The first-order valence-electron chi connectivity index (χ1n) is 16.8. The molecule has 0 radical (unpaired) electrons. The van der Waals surface area contributed by atoms with Gasteiger partial charge in [-0.05, 0) is 94.7 Å². The third-order valence-electron chi connectivity index (χ3n) is 10.1. The lowest BCUT2D eigenvalue weighted by atomic mass is 9.98. The normalized spacial score (nSPS) is 12.0. The topological polar surface area (TPSA) is 16.4 Å². The van der Waals surface area contributed by atoms with Crippen LogP contribution in [-0.2, 0) is 0 Å². The molecule has 4 heteroatoms. The van der Waals surface area contributed by atoms with E-state index in [0.29, 0.717) is 0 Å². The molecule has 0 aliphatic heterocycles. The Labute approximate surface area is 295 Å². The van der Waals surface area contributed by atoms with Crippen LogP contribution in [0.15, 0.2) is 168 Å². The second-order valence-electron chi connectivity index (χ2n) is 12.9. The average Bonchev–Trinajstić information content (AvgIpc) is 3.86. The van der Waals surface area contributed by atoms with Gasteiger partial charge >= 0.3 is 0 Å². The monoisotopic (exact) mass is 673 g/mol. The number of thiophene rings is 2. The lowest BCUT2D eigenvalue weighted by Gasteiger charge is -2.26. The zero-order valence-corrected chi connectivity index (χ0v) is 28.4. The van der Waals surface area contributed by atoms with E-state index in [-0.39, 0.29) is 0 Å². The van der Waals surface area contributed by atoms with E-state index in [1.54, 1.807) is 0 Å². The third kappa shape index (κ3) is 4.26. The molecule has 0 atom stereocenters. The molecular formula is C46H27NOS2. The molecule has 0 spiro atoms. The molecule has 0 aliphatic carbocycles. The first-order chi connectivity index (χ1) is 24.7. The van der Waals surface area contributed by atoms with Gasteiger partial charge in [-0.2, -0.15) is 0 Å². The predicted octanol–water partition coefficient (Wildman–Crippen LogP) is 14.6. The van der Waals surface area contributed by atoms with Crippen LogP contribution >= 0.6 is 22.7 Å². The molecule has 3 heterocycles. The molecule has 3 aromatic heterocycles. The molecule has 2 nitrogen and oxygen atoms in total. The van der Waals surface area contributed by atoms with Gasteiger partial charge in [0.2, 0.25) is 0 Å². The molecule has 11 aromatic rings. The standard InChI is InChI=1S/C46H27NOS2/c1-4-10-40-34(7-1)35-22-20-33(27-41(35)48-40)47(32-21-24-44-39(26-32)36-8-2-5-11-42(36)49-44)31-18-15-28(16-19-31)30-14-13-29-17-23-45-46(38(29)25-30)37-9-3-6-12-43(37)50-45/h1-27H. The van der Waals surface area contributed by atoms with Crippen molar-refractivity contribution in [2.75, 3.05) is 4.90 Å². The van der Waals surface area contributed by atoms with E-state index in [9.17, 15) is 0 Å². The lowest BCUT2D eigenvalue weighted by Crippen LogP contribution is -2.09. The van der Waals surface area contributed by atoms with Crippen LogP contribution in [-0.4, -0.2) is 0 Å². The largest absolute Gasteiger partial charge is 0.456 e. The number of benzene rings is 8. The second-order valence-corrected chi connectivity index (χ2v) is 15.1. The lowest BCUT2D eigenvalue weighted by molar-refractivity contribution is 0.669. The van der Waals surface area contributed by atoms with Gasteiger partial charge in [0.05, 0.1) is 0 Å². The number of hydrogen-bond acceptors (Lipinski definition) is 4. The molecule has 0 unspecified atom stereocenters. The molecule has 0 amide bonds. The summed E-state index contributed by atoms with van der Waals surface area (Å²) >= 11 is 3.72. The Morgan fingerprint density at radius 1 is 0.360 bits per heavy atom. The maximum atomic E-state index is 6.37. The first-order valence-corrected chi connectivity index (χ1v) is 18.5. The summed E-state index contributed by atoms with van der Waals surface area (Å²) in [5.74, 6) is 0. The van der Waals surface area contributed by atoms with Gasteiger partial charge in [0.25, 0.3) is 0 Å². The van der Waals surface area contributed by atoms with Crippen molar-refractivity contribution >= 4 is 113 Å². The Morgan fingerprint density at radius 3 is 1.84 bits per heavy atom. The Morgan fingerprint density at radius 2 is 0.960 bits per heavy atom. The minimum atomic E-state index is 0.885. The summed E-state index contributed by atoms with van der Waals surface area (Å²) in [7, 11) is 0. The van der Waals surface area contributed by atoms with Crippen molar-refractivity contribution < 1.29 is 4.42 Å². The summed E-state index contributed by atoms with van der Waals surface area (Å²) < 4.78 is 11.6. The van der Waals surface area contributed by atoms with Crippen molar-refractivity contribution in [1.82, 2.24) is 0 Å². The third-order valence-corrected chi connectivity index (χ3v) is 12.3. The van der Waals surface area contributed by atoms with Crippen LogP contribution in [0, 0.1) is 0 Å². The fourth-order valence-electron chi connectivity index (χ4n) is 7.68. The van der Waals surface area contributed by atoms with Gasteiger partial charge in [0, 0.05) is 74.2 Å². The van der Waals surface area contributed by atoms with Crippen molar-refractivity contribution in [3.8, 4) is 11.1 Å². The van der Waals surface area contributed by atoms with E-state index < -0.39 is 0 Å². The van der Waals surface area contributed by atoms with E-state index in [0.717, 1.165) is 39.0 Å². The molecule has 8 aromatic carbocycles. The molecular weight excluding hydrogens is 647 g/mol. The molecule has 0 saturated heterocycles. The molecule has 11 rings (SSSR count). The maximum Gasteiger partial charge on any atom is 0.137 e. The van der Waals surface area contributed by atoms with Crippen LogP contribution in [0.3, 0.4) is 0 Å². The zero-order valence-electron chi connectivity index (χ0n) is 26.8. The van der Waals surface area contributed by atoms with Gasteiger partial charge in [-0.3, -0.25) is 0 Å². The molecule has 0 saturated carbocycles. The molecule has 50 heavy (non-hydrogen) atoms. The van der Waals surface area contributed by atoms with Crippen LogP contribution in [0.4, 0.5) is 17.1 Å². The number of anilines is 3. The molecule has 0 N–H and O–H groups in total. The summed E-state index contributed by atoms with van der Waals surface area (Å²) in [6.07, 6.45) is 0. The number of fused-ring (bicyclic) bond motifs is 11. The number of rotatable bonds is 4. The van der Waals surface area contributed by atoms with Gasteiger partial charge in [-0.1, -0.05) is 84.9 Å². The van der Waals surface area contributed by atoms with Gasteiger partial charge in [0.15, 0.2) is 0 Å². The predicted molar refractivity (Wildman–Crippen MR) is 217 cm³/mol. The summed E-state index contributed by atoms with van der Waals surface area (Å²) in [6.45, 7) is 0. The average molecular weight is 674 g/mol. The van der Waals surface area contributed by atoms with Gasteiger partial charge in [0.1, 0.15) is 11.2 Å². The number of hydrogen-bond donors (Lipinski definition) is 0. The maximum absolute atomic E-state index is 6.37. The Kier molecular flexibility index (Phi) is 6.03. The SMILES string of the molecule is c1ccc2c(c1)oc1cc(N(c3ccc(-c4ccc5ccc6sc7ccccc7c6c5c4)cc3)c3ccc4sc5ccccc5c4c3)ccc12. The smallest absolute Gasteiger partial charge is 0.137 e. The Bertz CT molecular complexity index is 3110. The van der Waals surface area contributed by atoms with E-state index >= 15 is 0 Å². The van der Waals surface area contributed by atoms with Gasteiger partial charge in [-0.15, -0.1) is 22.7 Å². The summed E-state index contributed by atoms with van der Waals surface area (Å²) in [5.41, 5.74) is 7.46. The number of para-hydroxylation sites is 1. The zero-order chi connectivity index (χ0) is 32.8. The second kappa shape index (κ2) is 10.8. The minimum Gasteiger partial charge on any atom is -0.456 e. The fourth-order valence-corrected chi connectivity index (χ4v) is 9.89. The van der Waals surface area contributed by atoms with Crippen molar-refractivity contribution in [3.63, 3.8) is 0 Å². The summed E-state index contributed by atoms with van der Waals surface area (Å²) in [6, 6.07) is 59.6. The Balaban J connectivity index is 1.06. The van der Waals surface area contributed by atoms with E-state index in [1.165, 1.54) is 62.2 Å². The summed E-state index contributed by atoms with van der Waals surface area (Å²) in [4.78, 5) is 2.35. The highest BCUT2D eigenvalue weighted by atomic mass is 32.1. The minimum absolute atomic E-state index is 0.885.